The van der Waals surface area contributed by atoms with Crippen molar-refractivity contribution in [3.05, 3.63) is 30.3 Å². The van der Waals surface area contributed by atoms with Crippen molar-refractivity contribution in [2.75, 3.05) is 50.7 Å². The molecule has 0 aromatic heterocycles. The van der Waals surface area contributed by atoms with Crippen LogP contribution in [0.2, 0.25) is 0 Å². The number of rotatable bonds is 3. The molecule has 140 valence electrons. The number of benzene rings is 1. The van der Waals surface area contributed by atoms with E-state index in [0.29, 0.717) is 16.8 Å². The van der Waals surface area contributed by atoms with Gasteiger partial charge in [0.1, 0.15) is 5.25 Å². The molecule has 26 heavy (non-hydrogen) atoms. The minimum Gasteiger partial charge on any atom is -0.369 e. The third-order valence-corrected chi connectivity index (χ3v) is 6.20. The minimum absolute atomic E-state index is 0. The summed E-state index contributed by atoms with van der Waals surface area (Å²) in [7, 11) is 0. The molecule has 6 nitrogen and oxygen atoms in total. The van der Waals surface area contributed by atoms with Crippen LogP contribution in [0, 0.1) is 0 Å². The first-order valence-corrected chi connectivity index (χ1v) is 9.86. The molecule has 1 unspecified atom stereocenters. The van der Waals surface area contributed by atoms with Gasteiger partial charge in [-0.1, -0.05) is 42.2 Å². The Balaban J connectivity index is 0.00000196. The van der Waals surface area contributed by atoms with Gasteiger partial charge in [0.25, 0.3) is 0 Å². The lowest BCUT2D eigenvalue weighted by Gasteiger charge is -2.36. The van der Waals surface area contributed by atoms with Gasteiger partial charge in [-0.2, -0.15) is 0 Å². The largest absolute Gasteiger partial charge is 0.369 e. The Labute approximate surface area is 180 Å². The maximum absolute atomic E-state index is 12.7. The molecule has 0 saturated carbocycles. The van der Waals surface area contributed by atoms with Crippen molar-refractivity contribution in [2.24, 2.45) is 4.99 Å². The molecule has 0 radical (unpaired) electrons. The molecule has 1 aromatic rings. The molecule has 2 fully saturated rings. The van der Waals surface area contributed by atoms with Gasteiger partial charge in [-0.25, -0.2) is 4.90 Å². The molecule has 0 aliphatic carbocycles. The summed E-state index contributed by atoms with van der Waals surface area (Å²) in [6.45, 7) is 6.12. The summed E-state index contributed by atoms with van der Waals surface area (Å²) in [6, 6.07) is 10.5. The number of nitrogens with one attached hydrogen (secondary N) is 1. The van der Waals surface area contributed by atoms with Crippen LogP contribution in [0.5, 0.6) is 0 Å². The second kappa shape index (κ2) is 8.85. The molecule has 9 heteroatoms. The second-order valence-corrected chi connectivity index (χ2v) is 8.14. The number of halogens is 1. The van der Waals surface area contributed by atoms with Gasteiger partial charge in [0.15, 0.2) is 4.32 Å². The van der Waals surface area contributed by atoms with Crippen LogP contribution < -0.4 is 10.2 Å². The van der Waals surface area contributed by atoms with Crippen LogP contribution in [-0.4, -0.2) is 77.1 Å². The first-order chi connectivity index (χ1) is 12.2. The first-order valence-electron chi connectivity index (χ1n) is 8.57. The summed E-state index contributed by atoms with van der Waals surface area (Å²) >= 11 is 6.89. The summed E-state index contributed by atoms with van der Waals surface area (Å²) < 4.78 is 0.617. The number of carbonyl (C=O) groups is 1. The molecule has 4 rings (SSSR count). The lowest BCUT2D eigenvalue weighted by molar-refractivity contribution is -0.123. The van der Waals surface area contributed by atoms with Gasteiger partial charge in [0.2, 0.25) is 11.9 Å². The van der Waals surface area contributed by atoms with Gasteiger partial charge in [0.05, 0.1) is 6.54 Å². The summed E-state index contributed by atoms with van der Waals surface area (Å²) in [4.78, 5) is 23.4. The van der Waals surface area contributed by atoms with Crippen LogP contribution in [0.3, 0.4) is 0 Å². The van der Waals surface area contributed by atoms with Crippen molar-refractivity contribution < 1.29 is 4.79 Å². The van der Waals surface area contributed by atoms with E-state index in [1.807, 2.05) is 6.07 Å². The van der Waals surface area contributed by atoms with Crippen molar-refractivity contribution in [3.8, 4) is 0 Å². The van der Waals surface area contributed by atoms with Crippen molar-refractivity contribution in [1.82, 2.24) is 15.1 Å². The van der Waals surface area contributed by atoms with Gasteiger partial charge in [-0.3, -0.25) is 14.7 Å². The molecule has 0 bridgehead atoms. The number of carbonyl (C=O) groups excluding carboxylic acids is 1. The lowest BCUT2D eigenvalue weighted by atomic mass is 10.2. The van der Waals surface area contributed by atoms with E-state index >= 15 is 0 Å². The minimum atomic E-state index is -0.124. The van der Waals surface area contributed by atoms with Crippen LogP contribution in [0.15, 0.2) is 35.3 Å². The number of thioether (sulfide) groups is 1. The van der Waals surface area contributed by atoms with E-state index in [9.17, 15) is 4.79 Å². The molecule has 3 aliphatic heterocycles. The number of anilines is 1. The second-order valence-electron chi connectivity index (χ2n) is 6.30. The summed E-state index contributed by atoms with van der Waals surface area (Å²) in [5, 5.41) is 3.02. The highest BCUT2D eigenvalue weighted by atomic mass is 127. The Morgan fingerprint density at radius 1 is 1.19 bits per heavy atom. The molecule has 1 amide bonds. The Kier molecular flexibility index (Phi) is 6.76. The van der Waals surface area contributed by atoms with Crippen molar-refractivity contribution in [2.45, 2.75) is 5.25 Å². The molecule has 1 N–H and O–H groups in total. The fourth-order valence-corrected chi connectivity index (χ4v) is 4.90. The van der Waals surface area contributed by atoms with Crippen LogP contribution in [-0.2, 0) is 4.79 Å². The maximum Gasteiger partial charge on any atom is 0.249 e. The fraction of sp³-hybridized carbons (Fsp3) is 0.471. The molecule has 1 aromatic carbocycles. The van der Waals surface area contributed by atoms with E-state index in [2.05, 4.69) is 44.4 Å². The predicted molar refractivity (Wildman–Crippen MR) is 122 cm³/mol. The topological polar surface area (TPSA) is 51.2 Å². The van der Waals surface area contributed by atoms with E-state index in [-0.39, 0.29) is 35.1 Å². The predicted octanol–water partition coefficient (Wildman–Crippen LogP) is 1.61. The van der Waals surface area contributed by atoms with Crippen LogP contribution in [0.1, 0.15) is 0 Å². The van der Waals surface area contributed by atoms with Crippen molar-refractivity contribution in [1.29, 1.82) is 0 Å². The van der Waals surface area contributed by atoms with Gasteiger partial charge in [-0.15, -0.1) is 24.0 Å². The molecule has 3 aliphatic rings. The highest BCUT2D eigenvalue weighted by Gasteiger charge is 2.41. The van der Waals surface area contributed by atoms with Crippen molar-refractivity contribution >= 4 is 69.8 Å². The Hall–Kier alpha value is -0.910. The smallest absolute Gasteiger partial charge is 0.249 e. The number of hydrogen-bond donors (Lipinski definition) is 1. The SMILES string of the molecule is I.O=C1C(CN2CCN(c3ccccc3)CC2)SC(=S)N1C1=NCCN1. The monoisotopic (exact) mass is 503 g/mol. The van der Waals surface area contributed by atoms with E-state index < -0.39 is 0 Å². The molecule has 0 spiro atoms. The van der Waals surface area contributed by atoms with Crippen LogP contribution >= 0.6 is 48.0 Å². The lowest BCUT2D eigenvalue weighted by Crippen LogP contribution is -2.50. The van der Waals surface area contributed by atoms with E-state index in [0.717, 1.165) is 39.3 Å². The first kappa shape index (κ1) is 19.8. The number of thiocarbonyl (C=S) groups is 1. The molecular weight excluding hydrogens is 481 g/mol. The number of nitrogens with zero attached hydrogens (tertiary/aromatic N) is 4. The number of guanidine groups is 1. The summed E-state index contributed by atoms with van der Waals surface area (Å²) in [5.41, 5.74) is 1.27. The molecular formula is C17H22IN5OS2. The van der Waals surface area contributed by atoms with Gasteiger partial charge >= 0.3 is 0 Å². The summed E-state index contributed by atoms with van der Waals surface area (Å²) in [5.74, 6) is 0.688. The van der Waals surface area contributed by atoms with E-state index in [1.165, 1.54) is 17.4 Å². The van der Waals surface area contributed by atoms with Gasteiger partial charge < -0.3 is 10.2 Å². The van der Waals surface area contributed by atoms with Gasteiger partial charge in [-0.05, 0) is 12.1 Å². The number of hydrogen-bond acceptors (Lipinski definition) is 7. The zero-order chi connectivity index (χ0) is 17.2. The zero-order valence-corrected chi connectivity index (χ0v) is 18.3. The van der Waals surface area contributed by atoms with E-state index in [1.54, 1.807) is 4.90 Å². The average molecular weight is 503 g/mol. The number of aliphatic imine (C=N–C) groups is 1. The average Bonchev–Trinajstić information content (AvgIpc) is 3.25. The van der Waals surface area contributed by atoms with Crippen molar-refractivity contribution in [3.63, 3.8) is 0 Å². The Bertz CT molecular complexity index is 694. The highest BCUT2D eigenvalue weighted by molar-refractivity contribution is 14.0. The quantitative estimate of drug-likeness (QED) is 0.500. The zero-order valence-electron chi connectivity index (χ0n) is 14.3. The third kappa shape index (κ3) is 4.15. The van der Waals surface area contributed by atoms with Crippen LogP contribution in [0.25, 0.3) is 0 Å². The normalized spacial score (nSPS) is 23.7. The van der Waals surface area contributed by atoms with Crippen LogP contribution in [0.4, 0.5) is 5.69 Å². The highest BCUT2D eigenvalue weighted by Crippen LogP contribution is 2.29. The Morgan fingerprint density at radius 3 is 2.58 bits per heavy atom. The molecule has 1 atom stereocenters. The number of piperazine rings is 1. The standard InChI is InChI=1S/C17H21N5OS2.HI/c23-15-14(25-17(24)22(15)16-18-6-7-19-16)12-20-8-10-21(11-9-20)13-4-2-1-3-5-13;/h1-5,14H,6-12H2,(H,18,19);1H. The number of para-hydroxylation sites is 1. The fourth-order valence-electron chi connectivity index (χ4n) is 3.36. The summed E-state index contributed by atoms with van der Waals surface area (Å²) in [6.07, 6.45) is 0. The molecule has 2 saturated heterocycles. The number of amides is 1. The van der Waals surface area contributed by atoms with E-state index in [4.69, 9.17) is 12.2 Å². The Morgan fingerprint density at radius 2 is 1.92 bits per heavy atom. The molecule has 3 heterocycles. The third-order valence-electron chi connectivity index (χ3n) is 4.71. The van der Waals surface area contributed by atoms with Gasteiger partial charge in [0, 0.05) is 45.0 Å². The maximum atomic E-state index is 12.7.